The molecule has 2 saturated heterocycles. The van der Waals surface area contributed by atoms with Gasteiger partial charge in [0.2, 0.25) is 5.91 Å². The van der Waals surface area contributed by atoms with E-state index in [0.717, 1.165) is 16.3 Å². The topological polar surface area (TPSA) is 66.8 Å². The Morgan fingerprint density at radius 2 is 2.04 bits per heavy atom. The molecule has 2 aromatic rings. The van der Waals surface area contributed by atoms with Crippen LogP contribution in [-0.2, 0) is 20.9 Å². The van der Waals surface area contributed by atoms with Crippen molar-refractivity contribution in [2.75, 3.05) is 6.54 Å². The second-order valence-electron chi connectivity index (χ2n) is 7.07. The molecule has 25 heavy (non-hydrogen) atoms. The number of amides is 1. The Kier molecular flexibility index (Phi) is 2.89. The highest BCUT2D eigenvalue weighted by molar-refractivity contribution is 5.91. The van der Waals surface area contributed by atoms with E-state index in [2.05, 4.69) is 0 Å². The van der Waals surface area contributed by atoms with Gasteiger partial charge in [0.1, 0.15) is 11.5 Å². The van der Waals surface area contributed by atoms with E-state index in [9.17, 15) is 14.7 Å². The molecule has 0 aromatic heterocycles. The molecular formula is C20H17NO4. The molecule has 0 aliphatic carbocycles. The van der Waals surface area contributed by atoms with Gasteiger partial charge in [0.15, 0.2) is 0 Å². The maximum atomic E-state index is 13.0. The van der Waals surface area contributed by atoms with E-state index in [1.807, 2.05) is 48.5 Å². The number of carboxylic acid groups (broad SMARTS) is 1. The Labute approximate surface area is 144 Å². The summed E-state index contributed by atoms with van der Waals surface area (Å²) in [6.45, 7) is 0.878. The summed E-state index contributed by atoms with van der Waals surface area (Å²) in [4.78, 5) is 26.4. The van der Waals surface area contributed by atoms with Crippen LogP contribution in [0, 0.1) is 11.8 Å². The summed E-state index contributed by atoms with van der Waals surface area (Å²) < 4.78 is 5.93. The van der Waals surface area contributed by atoms with Gasteiger partial charge in [-0.15, -0.1) is 0 Å². The van der Waals surface area contributed by atoms with Gasteiger partial charge in [-0.05, 0) is 16.3 Å². The monoisotopic (exact) mass is 335 g/mol. The molecule has 1 N–H and O–H groups in total. The number of aliphatic carboxylic acids is 1. The number of hydrogen-bond acceptors (Lipinski definition) is 3. The lowest BCUT2D eigenvalue weighted by molar-refractivity contribution is -0.148. The molecule has 3 heterocycles. The van der Waals surface area contributed by atoms with Crippen molar-refractivity contribution >= 4 is 22.6 Å². The van der Waals surface area contributed by atoms with Crippen LogP contribution >= 0.6 is 0 Å². The van der Waals surface area contributed by atoms with E-state index in [-0.39, 0.29) is 5.91 Å². The molecule has 5 nitrogen and oxygen atoms in total. The molecule has 5 rings (SSSR count). The number of carboxylic acids is 1. The summed E-state index contributed by atoms with van der Waals surface area (Å²) in [7, 11) is 0. The Bertz CT molecular complexity index is 931. The van der Waals surface area contributed by atoms with Crippen LogP contribution in [0.5, 0.6) is 0 Å². The third-order valence-corrected chi connectivity index (χ3v) is 5.71. The van der Waals surface area contributed by atoms with Crippen LogP contribution in [0.2, 0.25) is 0 Å². The minimum absolute atomic E-state index is 0.118. The Hall–Kier alpha value is -2.66. The molecule has 1 amide bonds. The normalized spacial score (nSPS) is 32.6. The van der Waals surface area contributed by atoms with Crippen molar-refractivity contribution in [2.24, 2.45) is 11.8 Å². The molecule has 4 atom stereocenters. The second-order valence-corrected chi connectivity index (χ2v) is 7.07. The minimum Gasteiger partial charge on any atom is -0.481 e. The molecule has 2 fully saturated rings. The maximum Gasteiger partial charge on any atom is 0.310 e. The van der Waals surface area contributed by atoms with Crippen LogP contribution < -0.4 is 0 Å². The highest BCUT2D eigenvalue weighted by Crippen LogP contribution is 2.52. The predicted molar refractivity (Wildman–Crippen MR) is 90.7 cm³/mol. The zero-order chi connectivity index (χ0) is 17.2. The summed E-state index contributed by atoms with van der Waals surface area (Å²) >= 11 is 0. The van der Waals surface area contributed by atoms with E-state index >= 15 is 0 Å². The fraction of sp³-hybridized carbons (Fsp3) is 0.300. The van der Waals surface area contributed by atoms with Gasteiger partial charge in [0.25, 0.3) is 0 Å². The van der Waals surface area contributed by atoms with Crippen molar-refractivity contribution in [2.45, 2.75) is 18.2 Å². The van der Waals surface area contributed by atoms with Gasteiger partial charge in [0.05, 0.1) is 18.6 Å². The number of carbonyl (C=O) groups excluding carboxylic acids is 1. The SMILES string of the molecule is O=C(O)[C@H]1[C@H]2C=C[C@@]3(CN(Cc4cccc5ccccc45)C(=O)[C@@H]13)O2. The van der Waals surface area contributed by atoms with E-state index in [1.165, 1.54) is 0 Å². The smallest absolute Gasteiger partial charge is 0.310 e. The number of carbonyl (C=O) groups is 2. The van der Waals surface area contributed by atoms with Crippen molar-refractivity contribution in [3.63, 3.8) is 0 Å². The summed E-state index contributed by atoms with van der Waals surface area (Å²) in [6, 6.07) is 14.1. The van der Waals surface area contributed by atoms with Crippen LogP contribution in [0.4, 0.5) is 0 Å². The number of nitrogens with zero attached hydrogens (tertiary/aromatic N) is 1. The molecule has 0 radical (unpaired) electrons. The zero-order valence-corrected chi connectivity index (χ0v) is 13.5. The number of ether oxygens (including phenoxy) is 1. The largest absolute Gasteiger partial charge is 0.481 e. The molecule has 1 spiro atoms. The molecule has 3 aliphatic rings. The first-order valence-corrected chi connectivity index (χ1v) is 8.44. The van der Waals surface area contributed by atoms with Crippen molar-refractivity contribution in [1.29, 1.82) is 0 Å². The lowest BCUT2D eigenvalue weighted by Gasteiger charge is -2.22. The maximum absolute atomic E-state index is 13.0. The minimum atomic E-state index is -0.957. The lowest BCUT2D eigenvalue weighted by atomic mass is 9.77. The van der Waals surface area contributed by atoms with Crippen molar-refractivity contribution in [3.8, 4) is 0 Å². The molecule has 2 bridgehead atoms. The fourth-order valence-electron chi connectivity index (χ4n) is 4.63. The second kappa shape index (κ2) is 4.92. The van der Waals surface area contributed by atoms with Crippen LogP contribution in [0.1, 0.15) is 5.56 Å². The Morgan fingerprint density at radius 1 is 1.24 bits per heavy atom. The molecule has 126 valence electrons. The van der Waals surface area contributed by atoms with E-state index in [0.29, 0.717) is 13.1 Å². The van der Waals surface area contributed by atoms with Crippen molar-refractivity contribution in [3.05, 3.63) is 60.2 Å². The third kappa shape index (κ3) is 1.93. The van der Waals surface area contributed by atoms with Crippen LogP contribution in [0.15, 0.2) is 54.6 Å². The number of fused-ring (bicyclic) bond motifs is 2. The number of rotatable bonds is 3. The molecule has 5 heteroatoms. The van der Waals surface area contributed by atoms with Gasteiger partial charge in [-0.1, -0.05) is 54.6 Å². The van der Waals surface area contributed by atoms with Crippen LogP contribution in [0.25, 0.3) is 10.8 Å². The highest BCUT2D eigenvalue weighted by atomic mass is 16.5. The summed E-state index contributed by atoms with van der Waals surface area (Å²) in [6.07, 6.45) is 3.21. The summed E-state index contributed by atoms with van der Waals surface area (Å²) in [5.74, 6) is -2.47. The summed E-state index contributed by atoms with van der Waals surface area (Å²) in [5.41, 5.74) is 0.295. The zero-order valence-electron chi connectivity index (χ0n) is 13.5. The average Bonchev–Trinajstić information content (AvgIpc) is 3.24. The Morgan fingerprint density at radius 3 is 2.88 bits per heavy atom. The van der Waals surface area contributed by atoms with Gasteiger partial charge >= 0.3 is 5.97 Å². The number of likely N-dealkylation sites (tertiary alicyclic amines) is 1. The molecular weight excluding hydrogens is 318 g/mol. The standard InChI is InChI=1S/C20H17NO4/c22-18-17-16(19(23)24)15-8-9-20(17,25-15)11-21(18)10-13-6-3-5-12-4-1-2-7-14(12)13/h1-9,15-17H,10-11H2,(H,23,24)/t15-,16+,17-,20+/m1/s1. The molecule has 0 unspecified atom stereocenters. The van der Waals surface area contributed by atoms with Crippen LogP contribution in [-0.4, -0.2) is 40.1 Å². The predicted octanol–water partition coefficient (Wildman–Crippen LogP) is 2.21. The Balaban J connectivity index is 1.50. The fourth-order valence-corrected chi connectivity index (χ4v) is 4.63. The lowest BCUT2D eigenvalue weighted by Crippen LogP contribution is -2.39. The third-order valence-electron chi connectivity index (χ3n) is 5.71. The van der Waals surface area contributed by atoms with E-state index < -0.39 is 29.5 Å². The quantitative estimate of drug-likeness (QED) is 0.874. The highest BCUT2D eigenvalue weighted by Gasteiger charge is 2.66. The molecule has 0 saturated carbocycles. The van der Waals surface area contributed by atoms with E-state index in [1.54, 1.807) is 11.0 Å². The van der Waals surface area contributed by atoms with Crippen molar-refractivity contribution < 1.29 is 19.4 Å². The van der Waals surface area contributed by atoms with Crippen molar-refractivity contribution in [1.82, 2.24) is 4.90 Å². The number of hydrogen-bond donors (Lipinski definition) is 1. The van der Waals surface area contributed by atoms with Gasteiger partial charge in [0, 0.05) is 6.54 Å². The summed E-state index contributed by atoms with van der Waals surface area (Å²) in [5, 5.41) is 11.8. The average molecular weight is 335 g/mol. The molecule has 3 aliphatic heterocycles. The van der Waals surface area contributed by atoms with E-state index in [4.69, 9.17) is 4.74 Å². The first-order valence-electron chi connectivity index (χ1n) is 8.44. The first-order chi connectivity index (χ1) is 12.1. The van der Waals surface area contributed by atoms with Gasteiger partial charge in [-0.2, -0.15) is 0 Å². The van der Waals surface area contributed by atoms with Gasteiger partial charge < -0.3 is 14.7 Å². The van der Waals surface area contributed by atoms with Gasteiger partial charge in [-0.25, -0.2) is 0 Å². The van der Waals surface area contributed by atoms with Crippen LogP contribution in [0.3, 0.4) is 0 Å². The first kappa shape index (κ1) is 14.7. The van der Waals surface area contributed by atoms with Gasteiger partial charge in [-0.3, -0.25) is 9.59 Å². The number of benzene rings is 2. The molecule has 2 aromatic carbocycles.